The molecule has 3 saturated carbocycles. The molecule has 2 unspecified atom stereocenters. The minimum atomic E-state index is -0.167. The van der Waals surface area contributed by atoms with Gasteiger partial charge in [-0.3, -0.25) is 0 Å². The van der Waals surface area contributed by atoms with Crippen molar-refractivity contribution in [1.29, 1.82) is 0 Å². The molecule has 0 aliphatic heterocycles. The fourth-order valence-electron chi connectivity index (χ4n) is 3.83. The highest BCUT2D eigenvalue weighted by molar-refractivity contribution is 5.08. The fourth-order valence-corrected chi connectivity index (χ4v) is 3.83. The highest BCUT2D eigenvalue weighted by Crippen LogP contribution is 2.59. The summed E-state index contributed by atoms with van der Waals surface area (Å²) in [6.45, 7) is 2.55. The number of methoxy groups -OCH3 is 1. The summed E-state index contributed by atoms with van der Waals surface area (Å²) in [5.74, 6) is 0.310. The van der Waals surface area contributed by atoms with E-state index in [1.165, 1.54) is 0 Å². The minimum absolute atomic E-state index is 0.111. The second-order valence-electron chi connectivity index (χ2n) is 5.50. The van der Waals surface area contributed by atoms with E-state index in [1.807, 2.05) is 0 Å². The van der Waals surface area contributed by atoms with E-state index in [9.17, 15) is 10.2 Å². The van der Waals surface area contributed by atoms with Crippen LogP contribution in [0.5, 0.6) is 0 Å². The molecular weight excluding hydrogens is 192 g/mol. The van der Waals surface area contributed by atoms with E-state index in [0.717, 1.165) is 25.7 Å². The van der Waals surface area contributed by atoms with E-state index in [1.54, 1.807) is 7.11 Å². The van der Waals surface area contributed by atoms with Gasteiger partial charge in [-0.1, -0.05) is 6.92 Å². The van der Waals surface area contributed by atoms with Crippen LogP contribution in [-0.2, 0) is 4.74 Å². The first kappa shape index (κ1) is 11.4. The van der Waals surface area contributed by atoms with Crippen LogP contribution in [-0.4, -0.2) is 36.1 Å². The number of aliphatic hydroxyl groups is 2. The summed E-state index contributed by atoms with van der Waals surface area (Å²) < 4.78 is 5.68. The summed E-state index contributed by atoms with van der Waals surface area (Å²) in [7, 11) is 1.74. The smallest absolute Gasteiger partial charge is 0.0732 e. The van der Waals surface area contributed by atoms with Crippen molar-refractivity contribution in [1.82, 2.24) is 0 Å². The van der Waals surface area contributed by atoms with Gasteiger partial charge in [-0.15, -0.1) is 0 Å². The molecule has 0 aromatic heterocycles. The predicted molar refractivity (Wildman–Crippen MR) is 57.5 cm³/mol. The second kappa shape index (κ2) is 3.72. The minimum Gasteiger partial charge on any atom is -0.396 e. The van der Waals surface area contributed by atoms with Crippen LogP contribution in [0.4, 0.5) is 0 Å². The van der Waals surface area contributed by atoms with Crippen LogP contribution in [0.1, 0.15) is 32.6 Å². The molecule has 2 bridgehead atoms. The molecule has 0 aromatic rings. The van der Waals surface area contributed by atoms with Gasteiger partial charge in [0.15, 0.2) is 0 Å². The standard InChI is InChI=1S/C12H22O3/c1-11-3-5-12(15-2,6-4-11)10(8-14)9(11)7-13/h9-10,13-14H,3-8H2,1-2H3. The molecule has 0 amide bonds. The van der Waals surface area contributed by atoms with Crippen molar-refractivity contribution in [3.05, 3.63) is 0 Å². The van der Waals surface area contributed by atoms with E-state index in [2.05, 4.69) is 6.92 Å². The molecule has 2 N–H and O–H groups in total. The van der Waals surface area contributed by atoms with E-state index in [0.29, 0.717) is 0 Å². The normalized spacial score (nSPS) is 49.6. The Bertz CT molecular complexity index is 231. The predicted octanol–water partition coefficient (Wildman–Crippen LogP) is 1.18. The van der Waals surface area contributed by atoms with Gasteiger partial charge in [0.2, 0.25) is 0 Å². The Morgan fingerprint density at radius 2 is 1.60 bits per heavy atom. The van der Waals surface area contributed by atoms with Crippen molar-refractivity contribution in [2.75, 3.05) is 20.3 Å². The molecule has 0 aromatic carbocycles. The van der Waals surface area contributed by atoms with Gasteiger partial charge in [-0.05, 0) is 37.0 Å². The third kappa shape index (κ3) is 1.44. The number of fused-ring (bicyclic) bond motifs is 3. The first-order chi connectivity index (χ1) is 7.12. The third-order valence-electron chi connectivity index (χ3n) is 5.10. The molecule has 0 spiro atoms. The SMILES string of the molecule is COC12CCC(C)(CC1)C(CO)C2CO. The Hall–Kier alpha value is -0.120. The summed E-state index contributed by atoms with van der Waals surface area (Å²) >= 11 is 0. The molecule has 0 saturated heterocycles. The summed E-state index contributed by atoms with van der Waals surface area (Å²) in [5, 5.41) is 19.1. The van der Waals surface area contributed by atoms with Crippen molar-refractivity contribution in [3.63, 3.8) is 0 Å². The molecule has 88 valence electrons. The number of hydrogen-bond acceptors (Lipinski definition) is 3. The van der Waals surface area contributed by atoms with Crippen molar-refractivity contribution in [3.8, 4) is 0 Å². The monoisotopic (exact) mass is 214 g/mol. The Morgan fingerprint density at radius 1 is 1.07 bits per heavy atom. The zero-order valence-corrected chi connectivity index (χ0v) is 9.70. The highest BCUT2D eigenvalue weighted by atomic mass is 16.5. The highest BCUT2D eigenvalue weighted by Gasteiger charge is 2.58. The lowest BCUT2D eigenvalue weighted by atomic mass is 9.49. The quantitative estimate of drug-likeness (QED) is 0.741. The van der Waals surface area contributed by atoms with Gasteiger partial charge in [0, 0.05) is 26.2 Å². The van der Waals surface area contributed by atoms with Crippen LogP contribution in [0, 0.1) is 17.3 Å². The number of hydrogen-bond donors (Lipinski definition) is 2. The Labute approximate surface area is 91.4 Å². The van der Waals surface area contributed by atoms with E-state index < -0.39 is 0 Å². The summed E-state index contributed by atoms with van der Waals surface area (Å²) in [4.78, 5) is 0. The lowest BCUT2D eigenvalue weighted by Gasteiger charge is -2.60. The third-order valence-corrected chi connectivity index (χ3v) is 5.10. The Balaban J connectivity index is 2.31. The molecule has 3 heteroatoms. The average molecular weight is 214 g/mol. The molecular formula is C12H22O3. The molecule has 0 heterocycles. The van der Waals surface area contributed by atoms with E-state index in [-0.39, 0.29) is 36.1 Å². The molecule has 2 atom stereocenters. The van der Waals surface area contributed by atoms with Gasteiger partial charge >= 0.3 is 0 Å². The number of aliphatic hydroxyl groups excluding tert-OH is 2. The summed E-state index contributed by atoms with van der Waals surface area (Å²) in [5.41, 5.74) is 0.0440. The maximum atomic E-state index is 9.53. The van der Waals surface area contributed by atoms with Crippen LogP contribution in [0.15, 0.2) is 0 Å². The van der Waals surface area contributed by atoms with Gasteiger partial charge < -0.3 is 14.9 Å². The van der Waals surface area contributed by atoms with Gasteiger partial charge in [0.05, 0.1) is 5.60 Å². The van der Waals surface area contributed by atoms with Crippen LogP contribution in [0.25, 0.3) is 0 Å². The molecule has 0 radical (unpaired) electrons. The first-order valence-electron chi connectivity index (χ1n) is 5.89. The molecule has 3 aliphatic rings. The topological polar surface area (TPSA) is 49.7 Å². The van der Waals surface area contributed by atoms with Crippen molar-refractivity contribution in [2.45, 2.75) is 38.2 Å². The Kier molecular flexibility index (Phi) is 2.82. The zero-order chi connectivity index (χ0) is 11.1. The summed E-state index contributed by atoms with van der Waals surface area (Å²) in [6, 6.07) is 0. The van der Waals surface area contributed by atoms with Crippen LogP contribution >= 0.6 is 0 Å². The molecule has 3 nitrogen and oxygen atoms in total. The van der Waals surface area contributed by atoms with Crippen molar-refractivity contribution in [2.24, 2.45) is 17.3 Å². The molecule has 3 rings (SSSR count). The lowest BCUT2D eigenvalue weighted by Crippen LogP contribution is -2.60. The zero-order valence-electron chi connectivity index (χ0n) is 9.70. The van der Waals surface area contributed by atoms with Gasteiger partial charge in [0.1, 0.15) is 0 Å². The number of rotatable bonds is 3. The Morgan fingerprint density at radius 3 is 2.00 bits per heavy atom. The average Bonchev–Trinajstić information content (AvgIpc) is 2.28. The second-order valence-corrected chi connectivity index (χ2v) is 5.50. The van der Waals surface area contributed by atoms with Crippen LogP contribution in [0.2, 0.25) is 0 Å². The largest absolute Gasteiger partial charge is 0.396 e. The fraction of sp³-hybridized carbons (Fsp3) is 1.00. The number of ether oxygens (including phenoxy) is 1. The maximum absolute atomic E-state index is 9.53. The van der Waals surface area contributed by atoms with Gasteiger partial charge in [0.25, 0.3) is 0 Å². The van der Waals surface area contributed by atoms with E-state index >= 15 is 0 Å². The lowest BCUT2D eigenvalue weighted by molar-refractivity contribution is -0.205. The van der Waals surface area contributed by atoms with Gasteiger partial charge in [-0.2, -0.15) is 0 Å². The van der Waals surface area contributed by atoms with Crippen LogP contribution < -0.4 is 0 Å². The van der Waals surface area contributed by atoms with Gasteiger partial charge in [-0.25, -0.2) is 0 Å². The van der Waals surface area contributed by atoms with E-state index in [4.69, 9.17) is 4.74 Å². The van der Waals surface area contributed by atoms with Crippen molar-refractivity contribution < 1.29 is 14.9 Å². The summed E-state index contributed by atoms with van der Waals surface area (Å²) in [6.07, 6.45) is 4.29. The van der Waals surface area contributed by atoms with Crippen LogP contribution in [0.3, 0.4) is 0 Å². The molecule has 3 aliphatic carbocycles. The van der Waals surface area contributed by atoms with Crippen molar-refractivity contribution >= 4 is 0 Å². The maximum Gasteiger partial charge on any atom is 0.0732 e. The first-order valence-corrected chi connectivity index (χ1v) is 5.89. The molecule has 3 fully saturated rings. The molecule has 15 heavy (non-hydrogen) atoms.